The molecular formula is C37H40BNO5P+. The van der Waals surface area contributed by atoms with Crippen LogP contribution in [0.25, 0.3) is 0 Å². The standard InChI is InChI=1S/C37H39BNO5P/c1-6-26-42-35(41)32(39-34(40)28-18-10-7-11-19-28)27-45(29-20-12-8-13-21-29,30-22-14-9-15-23-30)33-25-17-16-24-31(33)38-43-36(2,3)37(4,5)44-38/h6-25,32H,1,26-27H2,2-5H3/p+1. The van der Waals surface area contributed by atoms with Crippen molar-refractivity contribution in [1.29, 1.82) is 0 Å². The second-order valence-electron chi connectivity index (χ2n) is 12.1. The van der Waals surface area contributed by atoms with Crippen LogP contribution in [-0.4, -0.2) is 49.0 Å². The zero-order valence-corrected chi connectivity index (χ0v) is 27.2. The van der Waals surface area contributed by atoms with Crippen molar-refractivity contribution in [2.24, 2.45) is 0 Å². The van der Waals surface area contributed by atoms with E-state index in [1.165, 1.54) is 6.08 Å². The van der Waals surface area contributed by atoms with Crippen molar-refractivity contribution >= 4 is 47.6 Å². The minimum atomic E-state index is -2.72. The van der Waals surface area contributed by atoms with Crippen molar-refractivity contribution in [2.45, 2.75) is 44.9 Å². The highest BCUT2D eigenvalue weighted by atomic mass is 31.2. The van der Waals surface area contributed by atoms with Crippen molar-refractivity contribution in [1.82, 2.24) is 5.32 Å². The summed E-state index contributed by atoms with van der Waals surface area (Å²) in [5.41, 5.74) is 0.253. The Balaban J connectivity index is 1.73. The summed E-state index contributed by atoms with van der Waals surface area (Å²) in [5, 5.41) is 6.15. The molecule has 1 aliphatic rings. The van der Waals surface area contributed by atoms with Crippen LogP contribution < -0.4 is 26.7 Å². The van der Waals surface area contributed by atoms with E-state index in [2.05, 4.69) is 42.2 Å². The maximum Gasteiger partial charge on any atom is 0.498 e. The lowest BCUT2D eigenvalue weighted by Crippen LogP contribution is -2.53. The molecule has 0 aliphatic carbocycles. The summed E-state index contributed by atoms with van der Waals surface area (Å²) >= 11 is 0. The van der Waals surface area contributed by atoms with E-state index in [9.17, 15) is 9.59 Å². The SMILES string of the molecule is C=CCOC(=O)C(C[P+](c1ccccc1)(c1ccccc1)c1ccccc1B1OC(C)(C)C(C)(C)O1)NC(=O)c1ccccc1. The van der Waals surface area contributed by atoms with E-state index in [0.29, 0.717) is 5.56 Å². The summed E-state index contributed by atoms with van der Waals surface area (Å²) in [4.78, 5) is 27.4. The zero-order valence-electron chi connectivity index (χ0n) is 26.3. The molecule has 0 bridgehead atoms. The van der Waals surface area contributed by atoms with Gasteiger partial charge in [0.05, 0.1) is 11.2 Å². The van der Waals surface area contributed by atoms with E-state index < -0.39 is 37.6 Å². The maximum atomic E-state index is 13.8. The average Bonchev–Trinajstić information content (AvgIpc) is 3.28. The summed E-state index contributed by atoms with van der Waals surface area (Å²) in [6.45, 7) is 11.9. The first-order valence-electron chi connectivity index (χ1n) is 15.2. The van der Waals surface area contributed by atoms with Gasteiger partial charge >= 0.3 is 13.1 Å². The first-order chi connectivity index (χ1) is 21.6. The third kappa shape index (κ3) is 6.67. The fourth-order valence-corrected chi connectivity index (χ4v) is 10.2. The van der Waals surface area contributed by atoms with Gasteiger partial charge in [-0.05, 0) is 70.2 Å². The van der Waals surface area contributed by atoms with Gasteiger partial charge in [-0.3, -0.25) is 4.79 Å². The third-order valence-corrected chi connectivity index (χ3v) is 13.2. The molecule has 45 heavy (non-hydrogen) atoms. The van der Waals surface area contributed by atoms with E-state index in [4.69, 9.17) is 14.0 Å². The highest BCUT2D eigenvalue weighted by Crippen LogP contribution is 2.56. The topological polar surface area (TPSA) is 73.9 Å². The predicted octanol–water partition coefficient (Wildman–Crippen LogP) is 4.81. The van der Waals surface area contributed by atoms with Crippen LogP contribution in [0.3, 0.4) is 0 Å². The monoisotopic (exact) mass is 620 g/mol. The number of ether oxygens (including phenoxy) is 1. The highest BCUT2D eigenvalue weighted by molar-refractivity contribution is 7.96. The van der Waals surface area contributed by atoms with Crippen molar-refractivity contribution in [3.63, 3.8) is 0 Å². The lowest BCUT2D eigenvalue weighted by atomic mass is 9.79. The second-order valence-corrected chi connectivity index (χ2v) is 15.6. The Morgan fingerprint density at radius 2 is 1.29 bits per heavy atom. The lowest BCUT2D eigenvalue weighted by molar-refractivity contribution is -0.144. The van der Waals surface area contributed by atoms with Gasteiger partial charge in [-0.15, -0.1) is 0 Å². The first-order valence-corrected chi connectivity index (χ1v) is 17.1. The van der Waals surface area contributed by atoms with Crippen molar-refractivity contribution in [2.75, 3.05) is 12.8 Å². The van der Waals surface area contributed by atoms with E-state index >= 15 is 0 Å². The second kappa shape index (κ2) is 13.5. The van der Waals surface area contributed by atoms with Crippen LogP contribution in [0.4, 0.5) is 0 Å². The molecular weight excluding hydrogens is 580 g/mol. The Bertz CT molecular complexity index is 1570. The van der Waals surface area contributed by atoms with E-state index in [0.717, 1.165) is 21.4 Å². The van der Waals surface area contributed by atoms with Crippen LogP contribution in [0.2, 0.25) is 0 Å². The molecule has 1 N–H and O–H groups in total. The fraction of sp³-hybridized carbons (Fsp3) is 0.243. The minimum absolute atomic E-state index is 0.0309. The Kier molecular flexibility index (Phi) is 9.74. The maximum absolute atomic E-state index is 13.8. The molecule has 0 aromatic heterocycles. The van der Waals surface area contributed by atoms with Gasteiger partial charge < -0.3 is 19.4 Å². The van der Waals surface area contributed by atoms with Gasteiger partial charge in [-0.2, -0.15) is 0 Å². The van der Waals surface area contributed by atoms with Gasteiger partial charge in [0, 0.05) is 11.0 Å². The number of rotatable bonds is 11. The van der Waals surface area contributed by atoms with Crippen molar-refractivity contribution in [3.8, 4) is 0 Å². The largest absolute Gasteiger partial charge is 0.498 e. The van der Waals surface area contributed by atoms with E-state index in [-0.39, 0.29) is 18.7 Å². The molecule has 4 aromatic rings. The molecule has 1 fully saturated rings. The van der Waals surface area contributed by atoms with Crippen LogP contribution in [0, 0.1) is 0 Å². The average molecular weight is 621 g/mol. The Morgan fingerprint density at radius 3 is 1.82 bits per heavy atom. The number of benzene rings is 4. The molecule has 4 aromatic carbocycles. The molecule has 1 aliphatic heterocycles. The molecule has 230 valence electrons. The van der Waals surface area contributed by atoms with Gasteiger partial charge in [0.1, 0.15) is 35.9 Å². The number of carbonyl (C=O) groups is 2. The fourth-order valence-electron chi connectivity index (χ4n) is 5.63. The minimum Gasteiger partial charge on any atom is -0.460 e. The summed E-state index contributed by atoms with van der Waals surface area (Å²) in [6, 6.07) is 36.5. The van der Waals surface area contributed by atoms with Crippen LogP contribution in [0.1, 0.15) is 38.1 Å². The normalized spacial score (nSPS) is 16.0. The molecule has 1 saturated heterocycles. The molecule has 0 saturated carbocycles. The van der Waals surface area contributed by atoms with Crippen molar-refractivity contribution < 1.29 is 23.6 Å². The van der Waals surface area contributed by atoms with Crippen LogP contribution in [0.5, 0.6) is 0 Å². The van der Waals surface area contributed by atoms with E-state index in [1.54, 1.807) is 24.3 Å². The third-order valence-electron chi connectivity index (χ3n) is 8.67. The van der Waals surface area contributed by atoms with Crippen molar-refractivity contribution in [3.05, 3.63) is 133 Å². The van der Waals surface area contributed by atoms with Gasteiger partial charge in [0.15, 0.2) is 6.04 Å². The summed E-state index contributed by atoms with van der Waals surface area (Å²) in [5.74, 6) is -0.877. The highest BCUT2D eigenvalue weighted by Gasteiger charge is 2.56. The van der Waals surface area contributed by atoms with Crippen LogP contribution >= 0.6 is 7.26 Å². The number of nitrogens with one attached hydrogen (secondary N) is 1. The molecule has 1 atom stereocenters. The summed E-state index contributed by atoms with van der Waals surface area (Å²) in [7, 11) is -3.35. The predicted molar refractivity (Wildman–Crippen MR) is 185 cm³/mol. The Morgan fingerprint density at radius 1 is 0.800 bits per heavy atom. The summed E-state index contributed by atoms with van der Waals surface area (Å²) < 4.78 is 18.8. The molecule has 0 radical (unpaired) electrons. The molecule has 0 spiro atoms. The number of hydrogen-bond acceptors (Lipinski definition) is 5. The quantitative estimate of drug-likeness (QED) is 0.113. The Labute approximate surface area is 267 Å². The Hall–Kier alpha value is -4.03. The molecule has 5 rings (SSSR count). The van der Waals surface area contributed by atoms with Gasteiger partial charge in [0.25, 0.3) is 5.91 Å². The van der Waals surface area contributed by atoms with Gasteiger partial charge in [-0.25, -0.2) is 4.79 Å². The van der Waals surface area contributed by atoms with E-state index in [1.807, 2.05) is 88.4 Å². The zero-order chi connectivity index (χ0) is 32.1. The summed E-state index contributed by atoms with van der Waals surface area (Å²) in [6.07, 6.45) is 1.80. The van der Waals surface area contributed by atoms with Crippen LogP contribution in [0.15, 0.2) is 128 Å². The lowest BCUT2D eigenvalue weighted by Gasteiger charge is -2.32. The van der Waals surface area contributed by atoms with Gasteiger partial charge in [0.2, 0.25) is 0 Å². The number of esters is 1. The molecule has 1 amide bonds. The molecule has 1 unspecified atom stereocenters. The first kappa shape index (κ1) is 32.4. The van der Waals surface area contributed by atoms with Gasteiger partial charge in [-0.1, -0.05) is 85.5 Å². The smallest absolute Gasteiger partial charge is 0.460 e. The number of hydrogen-bond donors (Lipinski definition) is 1. The molecule has 8 heteroatoms. The molecule has 6 nitrogen and oxygen atoms in total. The molecule has 1 heterocycles. The number of carbonyl (C=O) groups excluding carboxylic acids is 2. The van der Waals surface area contributed by atoms with Crippen LogP contribution in [-0.2, 0) is 18.8 Å². The number of amides is 1.